The molecule has 11 heteroatoms. The maximum absolute atomic E-state index is 13.9. The van der Waals surface area contributed by atoms with E-state index in [1.807, 2.05) is 19.2 Å². The van der Waals surface area contributed by atoms with Crippen LogP contribution in [0.5, 0.6) is 5.75 Å². The van der Waals surface area contributed by atoms with E-state index in [2.05, 4.69) is 9.97 Å². The second kappa shape index (κ2) is 9.98. The number of thiazole rings is 1. The number of fused-ring (bicyclic) bond motifs is 1. The molecule has 0 unspecified atom stereocenters. The number of carboxylic acid groups (broad SMARTS) is 1. The van der Waals surface area contributed by atoms with Crippen molar-refractivity contribution in [2.24, 2.45) is 7.05 Å². The summed E-state index contributed by atoms with van der Waals surface area (Å²) in [5.74, 6) is -0.558. The SMILES string of the molecule is Cc1csc(S(=O)(=O)N(Cc2cn(C)cn2)c2cc3c(cc2OCc2ccc(C(=O)O)cc2)CCC3)n1. The number of ether oxygens (including phenoxy) is 1. The number of imidazole rings is 1. The molecule has 192 valence electrons. The van der Waals surface area contributed by atoms with Gasteiger partial charge in [-0.15, -0.1) is 11.3 Å². The molecule has 0 aliphatic heterocycles. The van der Waals surface area contributed by atoms with E-state index in [1.54, 1.807) is 41.5 Å². The lowest BCUT2D eigenvalue weighted by molar-refractivity contribution is 0.0697. The first-order valence-corrected chi connectivity index (χ1v) is 14.1. The van der Waals surface area contributed by atoms with Crippen molar-refractivity contribution in [3.05, 3.63) is 87.9 Å². The van der Waals surface area contributed by atoms with Crippen molar-refractivity contribution < 1.29 is 23.1 Å². The smallest absolute Gasteiger partial charge is 0.335 e. The number of anilines is 1. The van der Waals surface area contributed by atoms with Crippen molar-refractivity contribution >= 4 is 33.0 Å². The van der Waals surface area contributed by atoms with Gasteiger partial charge in [-0.05, 0) is 67.1 Å². The van der Waals surface area contributed by atoms with Gasteiger partial charge in [0.2, 0.25) is 4.34 Å². The van der Waals surface area contributed by atoms with Gasteiger partial charge >= 0.3 is 5.97 Å². The summed E-state index contributed by atoms with van der Waals surface area (Å²) in [6.45, 7) is 1.93. The van der Waals surface area contributed by atoms with Crippen molar-refractivity contribution in [1.29, 1.82) is 0 Å². The molecule has 0 saturated carbocycles. The summed E-state index contributed by atoms with van der Waals surface area (Å²) >= 11 is 1.09. The fourth-order valence-electron chi connectivity index (χ4n) is 4.34. The second-order valence-corrected chi connectivity index (χ2v) is 11.9. The molecular formula is C26H26N4O5S2. The average molecular weight is 539 g/mol. The summed E-state index contributed by atoms with van der Waals surface area (Å²) in [5.41, 5.74) is 4.86. The first-order valence-electron chi connectivity index (χ1n) is 11.7. The van der Waals surface area contributed by atoms with Crippen LogP contribution >= 0.6 is 11.3 Å². The Kier molecular flexibility index (Phi) is 6.74. The van der Waals surface area contributed by atoms with Crippen LogP contribution in [-0.2, 0) is 43.1 Å². The molecule has 0 bridgehead atoms. The van der Waals surface area contributed by atoms with Gasteiger partial charge in [-0.3, -0.25) is 4.31 Å². The van der Waals surface area contributed by atoms with E-state index in [9.17, 15) is 13.2 Å². The number of hydrogen-bond donors (Lipinski definition) is 1. The molecule has 37 heavy (non-hydrogen) atoms. The van der Waals surface area contributed by atoms with Crippen LogP contribution in [0.4, 0.5) is 5.69 Å². The van der Waals surface area contributed by atoms with Gasteiger partial charge < -0.3 is 14.4 Å². The third-order valence-corrected chi connectivity index (χ3v) is 9.32. The van der Waals surface area contributed by atoms with Crippen LogP contribution in [-0.4, -0.2) is 34.0 Å². The van der Waals surface area contributed by atoms with Crippen LogP contribution < -0.4 is 9.04 Å². The molecule has 2 aromatic carbocycles. The highest BCUT2D eigenvalue weighted by atomic mass is 32.2. The van der Waals surface area contributed by atoms with Gasteiger partial charge in [0.25, 0.3) is 10.0 Å². The maximum atomic E-state index is 13.9. The van der Waals surface area contributed by atoms with E-state index >= 15 is 0 Å². The molecule has 1 N–H and O–H groups in total. The van der Waals surface area contributed by atoms with Crippen LogP contribution in [0.1, 0.15) is 44.9 Å². The summed E-state index contributed by atoms with van der Waals surface area (Å²) < 4.78 is 37.2. The van der Waals surface area contributed by atoms with Crippen molar-refractivity contribution in [1.82, 2.24) is 14.5 Å². The Labute approximate surface area is 219 Å². The van der Waals surface area contributed by atoms with Crippen molar-refractivity contribution in [3.63, 3.8) is 0 Å². The second-order valence-electron chi connectivity index (χ2n) is 9.03. The molecule has 1 aliphatic rings. The Morgan fingerprint density at radius 3 is 2.54 bits per heavy atom. The van der Waals surface area contributed by atoms with Crippen LogP contribution in [0.15, 0.2) is 58.6 Å². The van der Waals surface area contributed by atoms with E-state index in [4.69, 9.17) is 9.84 Å². The number of nitrogens with zero attached hydrogens (tertiary/aromatic N) is 4. The molecule has 2 heterocycles. The predicted octanol–water partition coefficient (Wildman–Crippen LogP) is 4.35. The lowest BCUT2D eigenvalue weighted by atomic mass is 10.1. The third kappa shape index (κ3) is 5.23. The van der Waals surface area contributed by atoms with Gasteiger partial charge in [-0.2, -0.15) is 8.42 Å². The van der Waals surface area contributed by atoms with E-state index in [1.165, 1.54) is 16.4 Å². The Morgan fingerprint density at radius 2 is 1.92 bits per heavy atom. The molecule has 0 fully saturated rings. The average Bonchev–Trinajstić information content (AvgIpc) is 3.62. The van der Waals surface area contributed by atoms with Gasteiger partial charge in [-0.1, -0.05) is 12.1 Å². The number of carboxylic acids is 1. The number of hydrogen-bond acceptors (Lipinski definition) is 7. The van der Waals surface area contributed by atoms with Crippen molar-refractivity contribution in [2.75, 3.05) is 4.31 Å². The minimum atomic E-state index is -4.01. The third-order valence-electron chi connectivity index (χ3n) is 6.21. The number of aromatic carboxylic acids is 1. The fourth-order valence-corrected chi connectivity index (χ4v) is 6.92. The van der Waals surface area contributed by atoms with Gasteiger partial charge in [0.1, 0.15) is 12.4 Å². The van der Waals surface area contributed by atoms with Crippen LogP contribution in [0.3, 0.4) is 0 Å². The molecule has 5 rings (SSSR count). The monoisotopic (exact) mass is 538 g/mol. The Balaban J connectivity index is 1.56. The molecule has 1 aliphatic carbocycles. The van der Waals surface area contributed by atoms with Gasteiger partial charge in [0.05, 0.1) is 29.8 Å². The molecule has 2 aromatic heterocycles. The van der Waals surface area contributed by atoms with Gasteiger partial charge in [0, 0.05) is 24.3 Å². The summed E-state index contributed by atoms with van der Waals surface area (Å²) in [6.07, 6.45) is 6.18. The normalized spacial score (nSPS) is 12.9. The van der Waals surface area contributed by atoms with Gasteiger partial charge in [-0.25, -0.2) is 14.8 Å². The zero-order valence-corrected chi connectivity index (χ0v) is 22.1. The Bertz CT molecular complexity index is 1560. The van der Waals surface area contributed by atoms with E-state index in [-0.39, 0.29) is 23.1 Å². The standard InChI is InChI=1S/C26H26N4O5S2/c1-17-15-36-26(28-17)37(33,34)30(13-22-12-29(2)16-27-22)23-10-20-4-3-5-21(20)11-24(23)35-14-18-6-8-19(9-7-18)25(31)32/h6-12,15-16H,3-5,13-14H2,1-2H3,(H,31,32). The Hall–Kier alpha value is -3.70. The zero-order valence-electron chi connectivity index (χ0n) is 20.4. The molecular weight excluding hydrogens is 512 g/mol. The van der Waals surface area contributed by atoms with Gasteiger partial charge in [0.15, 0.2) is 0 Å². The summed E-state index contributed by atoms with van der Waals surface area (Å²) in [5, 5.41) is 10.9. The highest BCUT2D eigenvalue weighted by Crippen LogP contribution is 2.39. The van der Waals surface area contributed by atoms with Crippen molar-refractivity contribution in [2.45, 2.75) is 43.7 Å². The molecule has 4 aromatic rings. The molecule has 0 spiro atoms. The number of rotatable bonds is 9. The summed E-state index contributed by atoms with van der Waals surface area (Å²) in [4.78, 5) is 19.8. The molecule has 0 radical (unpaired) electrons. The first kappa shape index (κ1) is 25.0. The highest BCUT2D eigenvalue weighted by molar-refractivity contribution is 7.94. The van der Waals surface area contributed by atoms with Crippen LogP contribution in [0.25, 0.3) is 0 Å². The topological polar surface area (TPSA) is 115 Å². The number of benzene rings is 2. The number of aryl methyl sites for hydroxylation is 4. The number of sulfonamides is 1. The molecule has 0 atom stereocenters. The van der Waals surface area contributed by atoms with E-state index in [0.29, 0.717) is 22.8 Å². The lowest BCUT2D eigenvalue weighted by Gasteiger charge is -2.26. The largest absolute Gasteiger partial charge is 0.487 e. The number of aromatic nitrogens is 3. The Morgan fingerprint density at radius 1 is 1.19 bits per heavy atom. The van der Waals surface area contributed by atoms with Crippen LogP contribution in [0.2, 0.25) is 0 Å². The summed E-state index contributed by atoms with van der Waals surface area (Å²) in [6, 6.07) is 10.3. The maximum Gasteiger partial charge on any atom is 0.335 e. The summed E-state index contributed by atoms with van der Waals surface area (Å²) in [7, 11) is -2.18. The minimum absolute atomic E-state index is 0.0108. The minimum Gasteiger partial charge on any atom is -0.487 e. The lowest BCUT2D eigenvalue weighted by Crippen LogP contribution is -2.31. The van der Waals surface area contributed by atoms with E-state index in [0.717, 1.165) is 47.3 Å². The molecule has 0 saturated heterocycles. The number of carbonyl (C=O) groups is 1. The molecule has 0 amide bonds. The van der Waals surface area contributed by atoms with Crippen molar-refractivity contribution in [3.8, 4) is 5.75 Å². The quantitative estimate of drug-likeness (QED) is 0.337. The zero-order chi connectivity index (χ0) is 26.2. The molecule has 9 nitrogen and oxygen atoms in total. The predicted molar refractivity (Wildman–Crippen MR) is 140 cm³/mol. The fraction of sp³-hybridized carbons (Fsp3) is 0.269. The van der Waals surface area contributed by atoms with E-state index < -0.39 is 16.0 Å². The first-order chi connectivity index (χ1) is 17.7. The highest BCUT2D eigenvalue weighted by Gasteiger charge is 2.32. The van der Waals surface area contributed by atoms with Crippen LogP contribution in [0, 0.1) is 6.92 Å².